The van der Waals surface area contributed by atoms with Crippen LogP contribution in [0.5, 0.6) is 0 Å². The van der Waals surface area contributed by atoms with Crippen LogP contribution in [0.4, 0.5) is 0 Å². The highest BCUT2D eigenvalue weighted by atomic mass is 32.2. The van der Waals surface area contributed by atoms with E-state index in [1.807, 2.05) is 60.7 Å². The molecule has 0 bridgehead atoms. The van der Waals surface area contributed by atoms with E-state index in [0.29, 0.717) is 51.7 Å². The molecule has 0 aliphatic carbocycles. The number of carboxylic acids is 2. The molecule has 7 rings (SSSR count). The Balaban J connectivity index is 0.826. The van der Waals surface area contributed by atoms with Gasteiger partial charge in [0, 0.05) is 80.2 Å². The molecule has 1 fully saturated rings. The molecule has 0 aromatic heterocycles. The molecule has 0 radical (unpaired) electrons. The molecule has 1 heterocycles. The van der Waals surface area contributed by atoms with Crippen LogP contribution in [0.3, 0.4) is 0 Å². The molecule has 14 N–H and O–H groups in total. The second-order valence-electron chi connectivity index (χ2n) is 23.6. The van der Waals surface area contributed by atoms with Gasteiger partial charge in [-0.25, -0.2) is 9.59 Å². The third-order valence-corrected chi connectivity index (χ3v) is 18.2. The van der Waals surface area contributed by atoms with Crippen LogP contribution in [0, 0.1) is 0 Å². The van der Waals surface area contributed by atoms with Gasteiger partial charge in [-0.15, -0.1) is 0 Å². The highest BCUT2D eigenvalue weighted by molar-refractivity contribution is 7.99. The molecule has 100 heavy (non-hydrogen) atoms. The van der Waals surface area contributed by atoms with Crippen LogP contribution >= 0.6 is 23.5 Å². The van der Waals surface area contributed by atoms with Crippen LogP contribution in [0.2, 0.25) is 0 Å². The molecule has 12 atom stereocenters. The normalized spacial score (nSPS) is 18.3. The van der Waals surface area contributed by atoms with Gasteiger partial charge in [0.1, 0.15) is 24.4 Å². The van der Waals surface area contributed by atoms with Crippen molar-refractivity contribution >= 4 is 70.9 Å². The maximum absolute atomic E-state index is 13.7. The van der Waals surface area contributed by atoms with Crippen LogP contribution in [-0.2, 0) is 38.1 Å². The lowest BCUT2D eigenvalue weighted by Crippen LogP contribution is -2.68. The van der Waals surface area contributed by atoms with Gasteiger partial charge < -0.3 is 91.7 Å². The number of amides is 6. The maximum atomic E-state index is 13.7. The highest BCUT2D eigenvalue weighted by Crippen LogP contribution is 2.35. The molecule has 6 aromatic rings. The minimum Gasteiger partial charge on any atom is -0.477 e. The van der Waals surface area contributed by atoms with Gasteiger partial charge in [0.15, 0.2) is 0 Å². The molecule has 1 saturated heterocycles. The first-order chi connectivity index (χ1) is 48.0. The summed E-state index contributed by atoms with van der Waals surface area (Å²) in [6.07, 6.45) is -16.1. The number of nitrogens with one attached hydrogen (secondary N) is 6. The van der Waals surface area contributed by atoms with Crippen LogP contribution < -0.4 is 31.9 Å². The SMILES string of the molecule is CC(=O)N[C@@H]([C@@H](O[C@@H](OCCCSCCNC(=O)c1ccccc1-c1ccccc1C(=O)NCCSCCCO[C@]1(C(=O)O)C[C@H](O)[C@@H](NC(C)=O)[C@H]([C@H](O)[C@H](O)CNC(=O)c2ccc(-c3ccccc3)cc2)O1)C(=O)O)[C@H](O)[C@H](O)CNC(=O)c1ccc(-c2ccccc2)cc1)[C@H](C)O. The molecule has 6 aromatic carbocycles. The topological polar surface area (TPSA) is 408 Å². The van der Waals surface area contributed by atoms with Crippen molar-refractivity contribution in [2.24, 2.45) is 0 Å². The monoisotopic (exact) mass is 1420 g/mol. The first-order valence-electron chi connectivity index (χ1n) is 32.4. The lowest BCUT2D eigenvalue weighted by atomic mass is 9.88. The number of benzene rings is 6. The Morgan fingerprint density at radius 1 is 0.560 bits per heavy atom. The van der Waals surface area contributed by atoms with E-state index in [4.69, 9.17) is 18.9 Å². The van der Waals surface area contributed by atoms with E-state index in [1.54, 1.807) is 97.1 Å². The molecular formula is C72H86N6O20S2. The number of thioether (sulfide) groups is 2. The largest absolute Gasteiger partial charge is 0.477 e. The van der Waals surface area contributed by atoms with Crippen molar-refractivity contribution in [3.05, 3.63) is 180 Å². The second kappa shape index (κ2) is 39.4. The van der Waals surface area contributed by atoms with Crippen molar-refractivity contribution in [2.75, 3.05) is 62.4 Å². The Morgan fingerprint density at radius 2 is 1.02 bits per heavy atom. The molecule has 0 saturated carbocycles. The number of hydrogen-bond donors (Lipinski definition) is 14. The number of aliphatic hydroxyl groups is 6. The molecule has 1 aliphatic rings. The van der Waals surface area contributed by atoms with Gasteiger partial charge in [0.05, 0.1) is 49.7 Å². The van der Waals surface area contributed by atoms with Crippen molar-refractivity contribution in [3.63, 3.8) is 0 Å². The fraction of sp³-hybridized carbons (Fsp3) is 0.389. The number of aliphatic hydroxyl groups excluding tert-OH is 6. The van der Waals surface area contributed by atoms with E-state index >= 15 is 0 Å². The fourth-order valence-electron chi connectivity index (χ4n) is 11.0. The van der Waals surface area contributed by atoms with Crippen molar-refractivity contribution < 1.29 is 98.2 Å². The second-order valence-corrected chi connectivity index (χ2v) is 26.0. The summed E-state index contributed by atoms with van der Waals surface area (Å²) in [6, 6.07) is 43.1. The summed E-state index contributed by atoms with van der Waals surface area (Å²) in [4.78, 5) is 103. The highest BCUT2D eigenvalue weighted by Gasteiger charge is 2.56. The summed E-state index contributed by atoms with van der Waals surface area (Å²) in [5.41, 5.74) is 5.74. The average Bonchev–Trinajstić information content (AvgIpc) is 0.772. The quantitative estimate of drug-likeness (QED) is 0.0192. The van der Waals surface area contributed by atoms with E-state index < -0.39 is 140 Å². The van der Waals surface area contributed by atoms with Crippen molar-refractivity contribution in [2.45, 2.75) is 113 Å². The Morgan fingerprint density at radius 3 is 1.48 bits per heavy atom. The minimum absolute atomic E-state index is 0.163. The van der Waals surface area contributed by atoms with Gasteiger partial charge in [-0.05, 0) is 101 Å². The first kappa shape index (κ1) is 78.7. The zero-order valence-corrected chi connectivity index (χ0v) is 57.0. The zero-order valence-electron chi connectivity index (χ0n) is 55.3. The summed E-state index contributed by atoms with van der Waals surface area (Å²) in [5.74, 6) is -7.29. The van der Waals surface area contributed by atoms with E-state index in [9.17, 15) is 79.2 Å². The number of hydrogen-bond acceptors (Lipinski definition) is 20. The summed E-state index contributed by atoms with van der Waals surface area (Å²) in [5, 5.41) is 103. The van der Waals surface area contributed by atoms with Crippen molar-refractivity contribution in [1.29, 1.82) is 0 Å². The van der Waals surface area contributed by atoms with Crippen LogP contribution in [0.15, 0.2) is 158 Å². The first-order valence-corrected chi connectivity index (χ1v) is 34.7. The third kappa shape index (κ3) is 23.0. The van der Waals surface area contributed by atoms with Gasteiger partial charge in [-0.2, -0.15) is 23.5 Å². The maximum Gasteiger partial charge on any atom is 0.364 e. The lowest BCUT2D eigenvalue weighted by Gasteiger charge is -2.46. The fourth-order valence-corrected chi connectivity index (χ4v) is 12.5. The van der Waals surface area contributed by atoms with Gasteiger partial charge in [0.2, 0.25) is 11.8 Å². The van der Waals surface area contributed by atoms with Crippen molar-refractivity contribution in [3.8, 4) is 33.4 Å². The molecule has 1 aliphatic heterocycles. The molecule has 536 valence electrons. The Hall–Kier alpha value is -8.62. The average molecular weight is 1420 g/mol. The van der Waals surface area contributed by atoms with E-state index in [0.717, 1.165) is 36.1 Å². The third-order valence-electron chi connectivity index (χ3n) is 16.1. The van der Waals surface area contributed by atoms with E-state index in [2.05, 4.69) is 31.9 Å². The number of carbonyl (C=O) groups excluding carboxylic acids is 6. The molecule has 28 heteroatoms. The molecule has 0 unspecified atom stereocenters. The lowest BCUT2D eigenvalue weighted by molar-refractivity contribution is -0.310. The van der Waals surface area contributed by atoms with Gasteiger partial charge in [-0.1, -0.05) is 121 Å². The molecule has 26 nitrogen and oxygen atoms in total. The van der Waals surface area contributed by atoms with E-state index in [-0.39, 0.29) is 43.9 Å². The smallest absolute Gasteiger partial charge is 0.364 e. The predicted molar refractivity (Wildman–Crippen MR) is 374 cm³/mol. The Labute approximate surface area is 586 Å². The number of aliphatic carboxylic acids is 2. The van der Waals surface area contributed by atoms with Crippen LogP contribution in [0.25, 0.3) is 33.4 Å². The Kier molecular flexibility index (Phi) is 31.0. The van der Waals surface area contributed by atoms with E-state index in [1.165, 1.54) is 30.4 Å². The van der Waals surface area contributed by atoms with Gasteiger partial charge in [-0.3, -0.25) is 28.8 Å². The molecular weight excluding hydrogens is 1330 g/mol. The minimum atomic E-state index is -2.51. The Bertz CT molecular complexity index is 3660. The number of carboxylic acid groups (broad SMARTS) is 2. The summed E-state index contributed by atoms with van der Waals surface area (Å²) >= 11 is 2.85. The number of ether oxygens (including phenoxy) is 4. The summed E-state index contributed by atoms with van der Waals surface area (Å²) in [7, 11) is 0. The molecule has 6 amide bonds. The zero-order chi connectivity index (χ0) is 72.3. The molecule has 0 spiro atoms. The predicted octanol–water partition coefficient (Wildman–Crippen LogP) is 3.85. The summed E-state index contributed by atoms with van der Waals surface area (Å²) in [6.45, 7) is 2.60. The van der Waals surface area contributed by atoms with Crippen molar-refractivity contribution in [1.82, 2.24) is 31.9 Å². The van der Waals surface area contributed by atoms with Crippen LogP contribution in [0.1, 0.15) is 81.5 Å². The van der Waals surface area contributed by atoms with Gasteiger partial charge in [0.25, 0.3) is 35.7 Å². The standard InChI is InChI=1S/C72H86N6O20S2/c1-43(79)59(77-44(2)80)63(61(85)57(83)41-75-65(87)50-28-24-48(25-29-50)46-16-6-4-7-17-46)97-70(69(91)92)95-34-14-36-99-38-32-73-67(89)54-22-12-10-20-52(54)53-21-11-13-23-55(53)68(90)74-33-39-100-37-15-35-96-72(71(93)94)40-56(82)60(78-45(3)81)64(98-72)62(86)58(84)42-76-66(88)51-30-26-49(27-31-51)47-18-8-5-9-19-47/h4-13,16-31,43,56-64,70,79,82-86H,14-15,32-42H2,1-3H3,(H,73,89)(H,74,90)(H,75,87)(H,76,88)(H,77,80)(H,78,81)(H,91,92)(H,93,94)/t43-,56-,57+,58+,59+,60+,61+,62+,63+,64+,70+,72+/m0/s1. The van der Waals surface area contributed by atoms with Gasteiger partial charge >= 0.3 is 11.9 Å². The number of rotatable bonds is 39. The summed E-state index contributed by atoms with van der Waals surface area (Å²) < 4.78 is 22.9. The number of carbonyl (C=O) groups is 8. The van der Waals surface area contributed by atoms with Crippen LogP contribution in [-0.4, -0.2) is 224 Å².